The Balaban J connectivity index is 2.08. The summed E-state index contributed by atoms with van der Waals surface area (Å²) in [6.45, 7) is 3.88. The number of esters is 1. The highest BCUT2D eigenvalue weighted by Crippen LogP contribution is 2.38. The zero-order valence-corrected chi connectivity index (χ0v) is 13.0. The van der Waals surface area contributed by atoms with Crippen LogP contribution in [0, 0.1) is 5.92 Å². The van der Waals surface area contributed by atoms with Crippen molar-refractivity contribution in [2.24, 2.45) is 5.92 Å². The van der Waals surface area contributed by atoms with E-state index in [-0.39, 0.29) is 31.5 Å². The van der Waals surface area contributed by atoms with Crippen molar-refractivity contribution in [3.05, 3.63) is 35.9 Å². The highest BCUT2D eigenvalue weighted by Gasteiger charge is 2.45. The number of hydrogen-bond donors (Lipinski definition) is 1. The lowest BCUT2D eigenvalue weighted by molar-refractivity contribution is -0.157. The molecule has 3 nitrogen and oxygen atoms in total. The fourth-order valence-electron chi connectivity index (χ4n) is 2.99. The minimum atomic E-state index is -2.79. The predicted octanol–water partition coefficient (Wildman–Crippen LogP) is 3.70. The molecule has 1 saturated carbocycles. The monoisotopic (exact) mass is 311 g/mol. The summed E-state index contributed by atoms with van der Waals surface area (Å²) >= 11 is 0. The summed E-state index contributed by atoms with van der Waals surface area (Å²) in [7, 11) is 0. The summed E-state index contributed by atoms with van der Waals surface area (Å²) in [4.78, 5) is 12.0. The molecule has 0 heterocycles. The fraction of sp³-hybridized carbons (Fsp3) is 0.588. The van der Waals surface area contributed by atoms with Crippen molar-refractivity contribution in [2.75, 3.05) is 6.61 Å². The molecule has 3 atom stereocenters. The lowest BCUT2D eigenvalue weighted by Gasteiger charge is -2.36. The second-order valence-corrected chi connectivity index (χ2v) is 5.86. The summed E-state index contributed by atoms with van der Waals surface area (Å²) in [6.07, 6.45) is -0.360. The first-order valence-corrected chi connectivity index (χ1v) is 7.78. The molecule has 0 spiro atoms. The maximum absolute atomic E-state index is 13.7. The molecule has 1 aliphatic carbocycles. The third kappa shape index (κ3) is 4.26. The number of ether oxygens (including phenoxy) is 1. The van der Waals surface area contributed by atoms with E-state index >= 15 is 0 Å². The second-order valence-electron chi connectivity index (χ2n) is 5.86. The Kier molecular flexibility index (Phi) is 5.51. The Bertz CT molecular complexity index is 493. The Morgan fingerprint density at radius 2 is 2.09 bits per heavy atom. The zero-order valence-electron chi connectivity index (χ0n) is 13.0. The zero-order chi connectivity index (χ0) is 16.2. The van der Waals surface area contributed by atoms with Crippen LogP contribution in [0.25, 0.3) is 0 Å². The maximum atomic E-state index is 13.7. The van der Waals surface area contributed by atoms with Crippen molar-refractivity contribution in [2.45, 2.75) is 51.1 Å². The molecule has 1 aliphatic rings. The Labute approximate surface area is 130 Å². The summed E-state index contributed by atoms with van der Waals surface area (Å²) < 4.78 is 32.3. The third-order valence-corrected chi connectivity index (χ3v) is 4.18. The average molecular weight is 311 g/mol. The minimum absolute atomic E-state index is 0.00477. The van der Waals surface area contributed by atoms with Gasteiger partial charge < -0.3 is 10.1 Å². The van der Waals surface area contributed by atoms with Gasteiger partial charge in [-0.3, -0.25) is 4.79 Å². The first-order chi connectivity index (χ1) is 10.4. The smallest absolute Gasteiger partial charge is 0.310 e. The molecule has 0 amide bonds. The first kappa shape index (κ1) is 16.9. The Hall–Kier alpha value is -1.49. The van der Waals surface area contributed by atoms with Crippen molar-refractivity contribution in [3.63, 3.8) is 0 Å². The van der Waals surface area contributed by atoms with Gasteiger partial charge in [-0.25, -0.2) is 8.78 Å². The quantitative estimate of drug-likeness (QED) is 0.843. The van der Waals surface area contributed by atoms with E-state index in [0.29, 0.717) is 0 Å². The number of benzene rings is 1. The van der Waals surface area contributed by atoms with Gasteiger partial charge in [-0.1, -0.05) is 30.3 Å². The SMILES string of the molecule is CCOC(=O)[C@H]1CC(F)(F)CC[C@H]1N[C@H](C)c1ccccc1. The van der Waals surface area contributed by atoms with Gasteiger partial charge in [-0.2, -0.15) is 0 Å². The molecule has 0 unspecified atom stereocenters. The number of hydrogen-bond acceptors (Lipinski definition) is 3. The van der Waals surface area contributed by atoms with E-state index in [1.807, 2.05) is 37.3 Å². The van der Waals surface area contributed by atoms with Crippen LogP contribution in [0.2, 0.25) is 0 Å². The van der Waals surface area contributed by atoms with E-state index in [9.17, 15) is 13.6 Å². The molecule has 1 aromatic carbocycles. The van der Waals surface area contributed by atoms with E-state index in [0.717, 1.165) is 5.56 Å². The average Bonchev–Trinajstić information content (AvgIpc) is 2.50. The molecule has 0 saturated heterocycles. The topological polar surface area (TPSA) is 38.3 Å². The number of carbonyl (C=O) groups excluding carboxylic acids is 1. The number of alkyl halides is 2. The normalized spacial score (nSPS) is 25.5. The van der Waals surface area contributed by atoms with Crippen LogP contribution in [0.3, 0.4) is 0 Å². The number of carbonyl (C=O) groups is 1. The van der Waals surface area contributed by atoms with Crippen molar-refractivity contribution < 1.29 is 18.3 Å². The van der Waals surface area contributed by atoms with E-state index in [1.165, 1.54) is 0 Å². The molecular formula is C17H23F2NO2. The van der Waals surface area contributed by atoms with Crippen LogP contribution in [-0.4, -0.2) is 24.5 Å². The van der Waals surface area contributed by atoms with Crippen molar-refractivity contribution >= 4 is 5.97 Å². The van der Waals surface area contributed by atoms with Crippen molar-refractivity contribution in [1.29, 1.82) is 0 Å². The molecule has 2 rings (SSSR count). The standard InChI is InChI=1S/C17H23F2NO2/c1-3-22-16(21)14-11-17(18,19)10-9-15(14)20-12(2)13-7-5-4-6-8-13/h4-8,12,14-15,20H,3,9-11H2,1-2H3/t12-,14+,15-/m1/s1. The molecule has 122 valence electrons. The molecule has 0 aromatic heterocycles. The molecule has 5 heteroatoms. The van der Waals surface area contributed by atoms with Crippen molar-refractivity contribution in [1.82, 2.24) is 5.32 Å². The third-order valence-electron chi connectivity index (χ3n) is 4.18. The predicted molar refractivity (Wildman–Crippen MR) is 80.7 cm³/mol. The van der Waals surface area contributed by atoms with E-state index in [4.69, 9.17) is 4.74 Å². The molecular weight excluding hydrogens is 288 g/mol. The van der Waals surface area contributed by atoms with Crippen LogP contribution in [0.15, 0.2) is 30.3 Å². The summed E-state index contributed by atoms with van der Waals surface area (Å²) in [5.41, 5.74) is 1.07. The lowest BCUT2D eigenvalue weighted by atomic mass is 9.81. The van der Waals surface area contributed by atoms with Gasteiger partial charge in [0.1, 0.15) is 0 Å². The summed E-state index contributed by atoms with van der Waals surface area (Å²) in [5.74, 6) is -4.11. The molecule has 0 bridgehead atoms. The molecule has 0 aliphatic heterocycles. The van der Waals surface area contributed by atoms with Crippen LogP contribution < -0.4 is 5.32 Å². The second kappa shape index (κ2) is 7.18. The Morgan fingerprint density at radius 1 is 1.41 bits per heavy atom. The summed E-state index contributed by atoms with van der Waals surface area (Å²) in [6, 6.07) is 9.47. The van der Waals surface area contributed by atoms with Crippen LogP contribution >= 0.6 is 0 Å². The largest absolute Gasteiger partial charge is 0.466 e. The number of nitrogens with one attached hydrogen (secondary N) is 1. The number of rotatable bonds is 5. The minimum Gasteiger partial charge on any atom is -0.466 e. The van der Waals surface area contributed by atoms with Gasteiger partial charge in [-0.05, 0) is 25.8 Å². The summed E-state index contributed by atoms with van der Waals surface area (Å²) in [5, 5.41) is 3.33. The van der Waals surface area contributed by atoms with Gasteiger partial charge >= 0.3 is 5.97 Å². The molecule has 1 fully saturated rings. The molecule has 0 radical (unpaired) electrons. The highest BCUT2D eigenvalue weighted by molar-refractivity contribution is 5.73. The van der Waals surface area contributed by atoms with E-state index in [1.54, 1.807) is 6.92 Å². The van der Waals surface area contributed by atoms with Crippen LogP contribution in [0.1, 0.15) is 44.7 Å². The molecule has 1 N–H and O–H groups in total. The van der Waals surface area contributed by atoms with Gasteiger partial charge in [0, 0.05) is 24.9 Å². The van der Waals surface area contributed by atoms with Crippen molar-refractivity contribution in [3.8, 4) is 0 Å². The van der Waals surface area contributed by atoms with Crippen LogP contribution in [0.5, 0.6) is 0 Å². The van der Waals surface area contributed by atoms with Gasteiger partial charge in [0.25, 0.3) is 0 Å². The van der Waals surface area contributed by atoms with Gasteiger partial charge in [-0.15, -0.1) is 0 Å². The Morgan fingerprint density at radius 3 is 2.73 bits per heavy atom. The molecule has 22 heavy (non-hydrogen) atoms. The lowest BCUT2D eigenvalue weighted by Crippen LogP contribution is -2.48. The maximum Gasteiger partial charge on any atom is 0.310 e. The molecule has 1 aromatic rings. The van der Waals surface area contributed by atoms with Gasteiger partial charge in [0.05, 0.1) is 12.5 Å². The van der Waals surface area contributed by atoms with Gasteiger partial charge in [0.2, 0.25) is 5.92 Å². The van der Waals surface area contributed by atoms with E-state index < -0.39 is 24.2 Å². The van der Waals surface area contributed by atoms with E-state index in [2.05, 4.69) is 5.32 Å². The van der Waals surface area contributed by atoms with Gasteiger partial charge in [0.15, 0.2) is 0 Å². The van der Waals surface area contributed by atoms with Crippen LogP contribution in [-0.2, 0) is 9.53 Å². The number of halogens is 2. The highest BCUT2D eigenvalue weighted by atomic mass is 19.3. The first-order valence-electron chi connectivity index (χ1n) is 7.78. The fourth-order valence-corrected chi connectivity index (χ4v) is 2.99. The van der Waals surface area contributed by atoms with Crippen LogP contribution in [0.4, 0.5) is 8.78 Å².